The maximum atomic E-state index is 15.3. The lowest BCUT2D eigenvalue weighted by Gasteiger charge is -2.45. The van der Waals surface area contributed by atoms with E-state index in [1.807, 2.05) is 32.0 Å². The summed E-state index contributed by atoms with van der Waals surface area (Å²) >= 11 is 0. The number of nitrogens with one attached hydrogen (secondary N) is 1. The quantitative estimate of drug-likeness (QED) is 0.342. The first kappa shape index (κ1) is 26.7. The van der Waals surface area contributed by atoms with Crippen molar-refractivity contribution in [1.82, 2.24) is 34.6 Å². The van der Waals surface area contributed by atoms with Gasteiger partial charge in [0, 0.05) is 62.1 Å². The molecule has 0 bridgehead atoms. The Kier molecular flexibility index (Phi) is 7.41. The minimum Gasteiger partial charge on any atom is -0.421 e. The summed E-state index contributed by atoms with van der Waals surface area (Å²) in [6.45, 7) is 10.5. The zero-order chi connectivity index (χ0) is 28.4. The van der Waals surface area contributed by atoms with Gasteiger partial charge in [-0.25, -0.2) is 19.3 Å². The number of ether oxygens (including phenoxy) is 1. The Morgan fingerprint density at radius 3 is 2.58 bits per heavy atom. The van der Waals surface area contributed by atoms with Crippen LogP contribution in [0.4, 0.5) is 21.8 Å². The van der Waals surface area contributed by atoms with Crippen molar-refractivity contribution < 1.29 is 13.9 Å². The van der Waals surface area contributed by atoms with Gasteiger partial charge < -0.3 is 19.9 Å². The van der Waals surface area contributed by atoms with Crippen LogP contribution in [0.15, 0.2) is 61.7 Å². The summed E-state index contributed by atoms with van der Waals surface area (Å²) in [7, 11) is 1.82. The van der Waals surface area contributed by atoms with Crippen LogP contribution < -0.4 is 15.0 Å². The molecule has 1 amide bonds. The van der Waals surface area contributed by atoms with E-state index < -0.39 is 5.82 Å². The number of hydrogen-bond donors (Lipinski definition) is 1. The summed E-state index contributed by atoms with van der Waals surface area (Å²) in [5, 5.41) is 7.35. The average Bonchev–Trinajstić information content (AvgIpc) is 3.33. The van der Waals surface area contributed by atoms with Crippen molar-refractivity contribution in [3.63, 3.8) is 0 Å². The second-order valence-corrected chi connectivity index (χ2v) is 9.74. The fourth-order valence-electron chi connectivity index (χ4n) is 4.85. The van der Waals surface area contributed by atoms with Crippen LogP contribution in [0.1, 0.15) is 19.5 Å². The first-order chi connectivity index (χ1) is 19.2. The number of piperazine rings is 1. The first-order valence-electron chi connectivity index (χ1n) is 12.8. The third-order valence-corrected chi connectivity index (χ3v) is 6.59. The van der Waals surface area contributed by atoms with Crippen molar-refractivity contribution in [2.75, 3.05) is 23.3 Å². The minimum atomic E-state index is -0.575. The molecule has 12 heteroatoms. The van der Waals surface area contributed by atoms with Gasteiger partial charge in [0.25, 0.3) is 0 Å². The summed E-state index contributed by atoms with van der Waals surface area (Å²) in [6, 6.07) is 6.25. The van der Waals surface area contributed by atoms with E-state index in [-0.39, 0.29) is 29.8 Å². The van der Waals surface area contributed by atoms with Crippen LogP contribution in [0.2, 0.25) is 0 Å². The Morgan fingerprint density at radius 1 is 1.15 bits per heavy atom. The summed E-state index contributed by atoms with van der Waals surface area (Å²) in [5.74, 6) is 0.297. The van der Waals surface area contributed by atoms with E-state index in [0.29, 0.717) is 41.7 Å². The smallest absolute Gasteiger partial charge is 0.322 e. The zero-order valence-electron chi connectivity index (χ0n) is 22.7. The van der Waals surface area contributed by atoms with Crippen molar-refractivity contribution in [2.45, 2.75) is 32.9 Å². The van der Waals surface area contributed by atoms with Gasteiger partial charge in [0.15, 0.2) is 11.6 Å². The van der Waals surface area contributed by atoms with Gasteiger partial charge in [-0.1, -0.05) is 12.6 Å². The second-order valence-electron chi connectivity index (χ2n) is 9.74. The zero-order valence-corrected chi connectivity index (χ0v) is 22.7. The summed E-state index contributed by atoms with van der Waals surface area (Å²) in [5.41, 5.74) is 2.65. The molecule has 1 fully saturated rings. The standard InChI is InChI=1S/C28H30FN9O2/c1-6-25(39)38-18(3)14-37(15-19(38)4)26-22(13-31-27(35-26)34-21-12-32-36(5)16-21)20-7-8-24(23(29)11-20)40-28-30-10-9-17(2)33-28/h6-13,16,18-19H,1,14-15H2,2-5H3,(H,31,34,35)/t18-,19+. The maximum absolute atomic E-state index is 15.3. The van der Waals surface area contributed by atoms with Gasteiger partial charge in [0.05, 0.1) is 11.9 Å². The molecule has 0 spiro atoms. The Hall–Kier alpha value is -4.87. The number of hydrogen-bond acceptors (Lipinski definition) is 9. The highest BCUT2D eigenvalue weighted by molar-refractivity contribution is 5.88. The van der Waals surface area contributed by atoms with Crippen molar-refractivity contribution in [3.05, 3.63) is 73.2 Å². The van der Waals surface area contributed by atoms with Crippen LogP contribution in [0.25, 0.3) is 11.1 Å². The minimum absolute atomic E-state index is 0.00507. The summed E-state index contributed by atoms with van der Waals surface area (Å²) in [4.78, 5) is 33.9. The molecule has 0 radical (unpaired) electrons. The number of carbonyl (C=O) groups is 1. The highest BCUT2D eigenvalue weighted by Gasteiger charge is 2.33. The number of halogens is 1. The number of aromatic nitrogens is 6. The van der Waals surface area contributed by atoms with Gasteiger partial charge in [-0.15, -0.1) is 0 Å². The lowest BCUT2D eigenvalue weighted by Crippen LogP contribution is -2.58. The van der Waals surface area contributed by atoms with E-state index in [9.17, 15) is 4.79 Å². The lowest BCUT2D eigenvalue weighted by molar-refractivity contribution is -0.130. The number of anilines is 3. The van der Waals surface area contributed by atoms with Crippen molar-refractivity contribution in [3.8, 4) is 22.9 Å². The van der Waals surface area contributed by atoms with Gasteiger partial charge in [0.2, 0.25) is 11.9 Å². The molecule has 1 saturated heterocycles. The predicted molar refractivity (Wildman–Crippen MR) is 149 cm³/mol. The Morgan fingerprint density at radius 2 is 1.93 bits per heavy atom. The normalized spacial score (nSPS) is 17.0. The molecule has 2 atom stereocenters. The number of aryl methyl sites for hydroxylation is 2. The van der Waals surface area contributed by atoms with E-state index >= 15 is 4.39 Å². The fraction of sp³-hybridized carbons (Fsp3) is 0.286. The Balaban J connectivity index is 1.50. The number of nitrogens with zero attached hydrogens (tertiary/aromatic N) is 8. The monoisotopic (exact) mass is 543 g/mol. The number of rotatable bonds is 7. The fourth-order valence-corrected chi connectivity index (χ4v) is 4.85. The highest BCUT2D eigenvalue weighted by atomic mass is 19.1. The first-order valence-corrected chi connectivity index (χ1v) is 12.8. The molecule has 1 aliphatic rings. The van der Waals surface area contributed by atoms with E-state index in [1.165, 1.54) is 18.2 Å². The molecule has 11 nitrogen and oxygen atoms in total. The molecular weight excluding hydrogens is 513 g/mol. The van der Waals surface area contributed by atoms with Gasteiger partial charge in [-0.05, 0) is 50.6 Å². The highest BCUT2D eigenvalue weighted by Crippen LogP contribution is 2.35. The predicted octanol–water partition coefficient (Wildman–Crippen LogP) is 4.26. The molecule has 4 aromatic rings. The second kappa shape index (κ2) is 11.1. The summed E-state index contributed by atoms with van der Waals surface area (Å²) < 4.78 is 22.5. The van der Waals surface area contributed by atoms with Crippen LogP contribution in [-0.2, 0) is 11.8 Å². The van der Waals surface area contributed by atoms with E-state index in [4.69, 9.17) is 9.72 Å². The molecule has 0 saturated carbocycles. The van der Waals surface area contributed by atoms with Crippen LogP contribution >= 0.6 is 0 Å². The topological polar surface area (TPSA) is 114 Å². The van der Waals surface area contributed by atoms with Gasteiger partial charge in [0.1, 0.15) is 5.82 Å². The van der Waals surface area contributed by atoms with E-state index in [0.717, 1.165) is 5.69 Å². The lowest BCUT2D eigenvalue weighted by atomic mass is 10.0. The van der Waals surface area contributed by atoms with Crippen molar-refractivity contribution in [2.24, 2.45) is 7.05 Å². The molecule has 206 valence electrons. The molecule has 4 heterocycles. The average molecular weight is 544 g/mol. The number of benzene rings is 1. The molecule has 0 unspecified atom stereocenters. The van der Waals surface area contributed by atoms with Crippen LogP contribution in [-0.4, -0.2) is 65.7 Å². The molecule has 3 aromatic heterocycles. The van der Waals surface area contributed by atoms with Gasteiger partial charge in [-0.3, -0.25) is 9.48 Å². The largest absolute Gasteiger partial charge is 0.421 e. The Bertz CT molecular complexity index is 1540. The maximum Gasteiger partial charge on any atom is 0.322 e. The van der Waals surface area contributed by atoms with E-state index in [1.54, 1.807) is 42.3 Å². The molecule has 40 heavy (non-hydrogen) atoms. The van der Waals surface area contributed by atoms with Crippen LogP contribution in [0.5, 0.6) is 11.8 Å². The van der Waals surface area contributed by atoms with Crippen LogP contribution in [0.3, 0.4) is 0 Å². The Labute approximate surface area is 231 Å². The molecule has 0 aliphatic carbocycles. The molecule has 5 rings (SSSR count). The van der Waals surface area contributed by atoms with Crippen LogP contribution in [0, 0.1) is 12.7 Å². The van der Waals surface area contributed by atoms with Gasteiger partial charge >= 0.3 is 6.01 Å². The SMILES string of the molecule is C=CC(=O)N1[C@H](C)CN(c2nc(Nc3cnn(C)c3)ncc2-c2ccc(Oc3nccc(C)n3)c(F)c2)C[C@@H]1C. The number of carbonyl (C=O) groups excluding carboxylic acids is 1. The molecule has 1 N–H and O–H groups in total. The molecular formula is C28H30FN9O2. The summed E-state index contributed by atoms with van der Waals surface area (Å²) in [6.07, 6.45) is 8.04. The molecule has 1 aromatic carbocycles. The van der Waals surface area contributed by atoms with E-state index in [2.05, 4.69) is 36.8 Å². The van der Waals surface area contributed by atoms with Crippen molar-refractivity contribution >= 4 is 23.4 Å². The third-order valence-electron chi connectivity index (χ3n) is 6.59. The third kappa shape index (κ3) is 5.60. The molecule has 1 aliphatic heterocycles. The number of amides is 1. The van der Waals surface area contributed by atoms with Gasteiger partial charge in [-0.2, -0.15) is 10.1 Å². The van der Waals surface area contributed by atoms with Crippen molar-refractivity contribution in [1.29, 1.82) is 0 Å².